The number of hydrogen-bond acceptors (Lipinski definition) is 7. The molecule has 0 aliphatic carbocycles. The molecule has 8 heteroatoms. The van der Waals surface area contributed by atoms with Gasteiger partial charge in [0.1, 0.15) is 12.1 Å². The van der Waals surface area contributed by atoms with Crippen LogP contribution in [0.15, 0.2) is 0 Å². The van der Waals surface area contributed by atoms with Gasteiger partial charge in [-0.2, -0.15) is 0 Å². The van der Waals surface area contributed by atoms with E-state index >= 15 is 0 Å². The molecule has 0 aromatic carbocycles. The van der Waals surface area contributed by atoms with Crippen LogP contribution in [0.2, 0.25) is 0 Å². The van der Waals surface area contributed by atoms with Crippen LogP contribution in [0.4, 0.5) is 4.79 Å². The van der Waals surface area contributed by atoms with Gasteiger partial charge < -0.3 is 19.6 Å². The molecule has 33 heavy (non-hydrogen) atoms. The average molecular weight is 473 g/mol. The lowest BCUT2D eigenvalue weighted by Crippen LogP contribution is -2.46. The third kappa shape index (κ3) is 17.3. The number of hydrogen-bond donors (Lipinski definition) is 2. The number of unbranched alkanes of at least 4 members (excludes halogenated alkanes) is 8. The minimum absolute atomic E-state index is 0.343. The fourth-order valence-corrected chi connectivity index (χ4v) is 3.22. The van der Waals surface area contributed by atoms with Crippen LogP contribution in [0.1, 0.15) is 118 Å². The number of esters is 2. The Kier molecular flexibility index (Phi) is 20.8. The molecule has 0 aliphatic heterocycles. The van der Waals surface area contributed by atoms with Gasteiger partial charge >= 0.3 is 18.0 Å². The van der Waals surface area contributed by atoms with Crippen molar-refractivity contribution in [2.45, 2.75) is 130 Å². The first-order chi connectivity index (χ1) is 16.0. The molecule has 8 nitrogen and oxygen atoms in total. The Hall–Kier alpha value is -1.83. The third-order valence-corrected chi connectivity index (χ3v) is 5.33. The molecule has 2 N–H and O–H groups in total. The Morgan fingerprint density at radius 2 is 1.03 bits per heavy atom. The number of ether oxygens (including phenoxy) is 2. The van der Waals surface area contributed by atoms with E-state index in [4.69, 9.17) is 14.3 Å². The van der Waals surface area contributed by atoms with E-state index in [1.54, 1.807) is 0 Å². The highest BCUT2D eigenvalue weighted by molar-refractivity contribution is 5.81. The monoisotopic (exact) mass is 472 g/mol. The van der Waals surface area contributed by atoms with Crippen LogP contribution < -0.4 is 10.8 Å². The molecule has 1 amide bonds. The lowest BCUT2D eigenvalue weighted by Gasteiger charge is -2.20. The molecule has 0 saturated heterocycles. The van der Waals surface area contributed by atoms with E-state index in [1.165, 1.54) is 0 Å². The largest absolute Gasteiger partial charge is 0.464 e. The second kappa shape index (κ2) is 22.0. The number of amides is 1. The summed E-state index contributed by atoms with van der Waals surface area (Å²) in [6.45, 7) is 9.01. The maximum absolute atomic E-state index is 12.4. The van der Waals surface area contributed by atoms with Crippen LogP contribution in [-0.2, 0) is 23.9 Å². The summed E-state index contributed by atoms with van der Waals surface area (Å²) >= 11 is 0. The predicted molar refractivity (Wildman–Crippen MR) is 130 cm³/mol. The van der Waals surface area contributed by atoms with Crippen LogP contribution in [0.25, 0.3) is 0 Å². The maximum Gasteiger partial charge on any atom is 0.426 e. The van der Waals surface area contributed by atoms with Crippen molar-refractivity contribution in [3.63, 3.8) is 0 Å². The molecule has 0 radical (unpaired) electrons. The summed E-state index contributed by atoms with van der Waals surface area (Å²) < 4.78 is 10.7. The van der Waals surface area contributed by atoms with E-state index in [-0.39, 0.29) is 0 Å². The normalized spacial score (nSPS) is 12.6. The predicted octanol–water partition coefficient (Wildman–Crippen LogP) is 5.58. The lowest BCUT2D eigenvalue weighted by atomic mass is 10.1. The fourth-order valence-electron chi connectivity index (χ4n) is 3.22. The highest BCUT2D eigenvalue weighted by atomic mass is 16.7. The van der Waals surface area contributed by atoms with Crippen LogP contribution in [0.5, 0.6) is 0 Å². The molecule has 0 fully saturated rings. The van der Waals surface area contributed by atoms with E-state index in [0.29, 0.717) is 26.1 Å². The summed E-state index contributed by atoms with van der Waals surface area (Å²) in [6, 6.07) is -1.50. The summed E-state index contributed by atoms with van der Waals surface area (Å²) in [5.74, 6) is -0.876. The molecule has 0 spiro atoms. The van der Waals surface area contributed by atoms with Gasteiger partial charge in [-0.1, -0.05) is 91.9 Å². The van der Waals surface area contributed by atoms with Crippen molar-refractivity contribution in [1.29, 1.82) is 0 Å². The van der Waals surface area contributed by atoms with Gasteiger partial charge in [-0.15, -0.1) is 5.48 Å². The Morgan fingerprint density at radius 3 is 1.52 bits per heavy atom. The first-order valence-corrected chi connectivity index (χ1v) is 13.1. The standard InChI is InChI=1S/C25H48N2O6/c1-5-9-13-17-21(23(28)31-19-15-11-7-3)26-25(30)33-27-22(18-14-10-6-2)24(29)32-20-16-12-8-4/h21-22,27H,5-20H2,1-4H3,(H,26,30). The summed E-state index contributed by atoms with van der Waals surface area (Å²) in [6.07, 6.45) is 11.4. The first-order valence-electron chi connectivity index (χ1n) is 13.1. The van der Waals surface area contributed by atoms with Gasteiger partial charge in [-0.3, -0.25) is 4.79 Å². The topological polar surface area (TPSA) is 103 Å². The molecular formula is C25H48N2O6. The number of carbonyl (C=O) groups is 3. The number of nitrogens with one attached hydrogen (secondary N) is 2. The van der Waals surface area contributed by atoms with Crippen LogP contribution in [0, 0.1) is 0 Å². The molecule has 0 heterocycles. The van der Waals surface area contributed by atoms with Crippen molar-refractivity contribution in [2.75, 3.05) is 13.2 Å². The fraction of sp³-hybridized carbons (Fsp3) is 0.880. The van der Waals surface area contributed by atoms with Crippen LogP contribution in [-0.4, -0.2) is 43.3 Å². The number of rotatable bonds is 21. The molecule has 2 unspecified atom stereocenters. The van der Waals surface area contributed by atoms with E-state index < -0.39 is 30.1 Å². The third-order valence-electron chi connectivity index (χ3n) is 5.33. The zero-order valence-corrected chi connectivity index (χ0v) is 21.4. The molecular weight excluding hydrogens is 424 g/mol. The van der Waals surface area contributed by atoms with Crippen molar-refractivity contribution >= 4 is 18.0 Å². The van der Waals surface area contributed by atoms with E-state index in [2.05, 4.69) is 38.5 Å². The summed E-state index contributed by atoms with van der Waals surface area (Å²) in [7, 11) is 0. The maximum atomic E-state index is 12.4. The van der Waals surface area contributed by atoms with Gasteiger partial charge in [0, 0.05) is 0 Å². The molecule has 0 aliphatic rings. The summed E-state index contributed by atoms with van der Waals surface area (Å²) in [4.78, 5) is 42.3. The number of carbonyl (C=O) groups excluding carboxylic acids is 3. The van der Waals surface area contributed by atoms with Gasteiger partial charge in [-0.05, 0) is 25.7 Å². The molecule has 0 bridgehead atoms. The number of hydroxylamine groups is 1. The smallest absolute Gasteiger partial charge is 0.426 e. The van der Waals surface area contributed by atoms with Crippen LogP contribution in [0.3, 0.4) is 0 Å². The van der Waals surface area contributed by atoms with Crippen molar-refractivity contribution in [3.05, 3.63) is 0 Å². The first kappa shape index (κ1) is 31.2. The van der Waals surface area contributed by atoms with Crippen molar-refractivity contribution in [3.8, 4) is 0 Å². The van der Waals surface area contributed by atoms with E-state index in [0.717, 1.165) is 77.0 Å². The van der Waals surface area contributed by atoms with Gasteiger partial charge in [0.05, 0.1) is 13.2 Å². The molecule has 2 atom stereocenters. The summed E-state index contributed by atoms with van der Waals surface area (Å²) in [5, 5.41) is 2.59. The Morgan fingerprint density at radius 1 is 0.606 bits per heavy atom. The average Bonchev–Trinajstić information content (AvgIpc) is 2.81. The van der Waals surface area contributed by atoms with Crippen molar-refractivity contribution in [1.82, 2.24) is 10.8 Å². The van der Waals surface area contributed by atoms with Crippen LogP contribution >= 0.6 is 0 Å². The highest BCUT2D eigenvalue weighted by Crippen LogP contribution is 2.08. The molecule has 0 rings (SSSR count). The molecule has 0 saturated carbocycles. The van der Waals surface area contributed by atoms with Gasteiger partial charge in [0.2, 0.25) is 0 Å². The Balaban J connectivity index is 4.74. The lowest BCUT2D eigenvalue weighted by molar-refractivity contribution is -0.150. The van der Waals surface area contributed by atoms with Gasteiger partial charge in [0.15, 0.2) is 0 Å². The highest BCUT2D eigenvalue weighted by Gasteiger charge is 2.25. The minimum atomic E-state index is -0.804. The zero-order chi connectivity index (χ0) is 24.7. The molecule has 0 aromatic heterocycles. The minimum Gasteiger partial charge on any atom is -0.464 e. The van der Waals surface area contributed by atoms with Crippen molar-refractivity contribution < 1.29 is 28.7 Å². The SMILES string of the molecule is CCCCCOC(=O)C(CCCCC)NOC(=O)NC(CCCCC)C(=O)OCCCCC. The molecule has 0 aromatic rings. The van der Waals surface area contributed by atoms with E-state index in [9.17, 15) is 14.4 Å². The van der Waals surface area contributed by atoms with Crippen molar-refractivity contribution in [2.24, 2.45) is 0 Å². The van der Waals surface area contributed by atoms with Gasteiger partial charge in [0.25, 0.3) is 0 Å². The second-order valence-corrected chi connectivity index (χ2v) is 8.50. The molecule has 194 valence electrons. The summed E-state index contributed by atoms with van der Waals surface area (Å²) in [5.41, 5.74) is 2.55. The van der Waals surface area contributed by atoms with Gasteiger partial charge in [-0.25, -0.2) is 9.59 Å². The quantitative estimate of drug-likeness (QED) is 0.0972. The Bertz CT molecular complexity index is 515. The zero-order valence-electron chi connectivity index (χ0n) is 21.4. The van der Waals surface area contributed by atoms with E-state index in [1.807, 2.05) is 0 Å². The Labute approximate surface area is 200 Å². The second-order valence-electron chi connectivity index (χ2n) is 8.50.